The molecule has 2 fully saturated rings. The molecule has 0 heterocycles. The van der Waals surface area contributed by atoms with Crippen LogP contribution in [0.5, 0.6) is 0 Å². The Morgan fingerprint density at radius 3 is 0.900 bits per heavy atom. The first kappa shape index (κ1) is 55.9. The van der Waals surface area contributed by atoms with Gasteiger partial charge in [-0.3, -0.25) is 19.2 Å². The first-order valence-electron chi connectivity index (χ1n) is 23.6. The van der Waals surface area contributed by atoms with E-state index in [0.29, 0.717) is 50.7 Å². The van der Waals surface area contributed by atoms with Gasteiger partial charge in [0, 0.05) is 0 Å². The Morgan fingerprint density at radius 1 is 0.450 bits per heavy atom. The zero-order chi connectivity index (χ0) is 47.5. The molecule has 2 saturated carbocycles. The summed E-state index contributed by atoms with van der Waals surface area (Å²) in [6, 6.07) is 0. The molecule has 0 aliphatic heterocycles. The van der Waals surface area contributed by atoms with Crippen molar-refractivity contribution >= 4 is 23.9 Å². The maximum atomic E-state index is 13.6. The number of carbonyl (C=O) groups excluding carboxylic acids is 4. The van der Waals surface area contributed by atoms with Gasteiger partial charge in [0.25, 0.3) is 0 Å². The molecule has 0 spiro atoms. The van der Waals surface area contributed by atoms with E-state index in [1.807, 2.05) is 55.4 Å². The van der Waals surface area contributed by atoms with Crippen molar-refractivity contribution in [3.63, 3.8) is 0 Å². The molecule has 8 atom stereocenters. The highest BCUT2D eigenvalue weighted by Crippen LogP contribution is 2.74. The Labute approximate surface area is 369 Å². The Balaban J connectivity index is 0.000000600. The van der Waals surface area contributed by atoms with Gasteiger partial charge in [-0.25, -0.2) is 0 Å². The lowest BCUT2D eigenvalue weighted by atomic mass is 9.34. The van der Waals surface area contributed by atoms with Crippen molar-refractivity contribution in [3.05, 3.63) is 0 Å². The number of ether oxygens (including phenoxy) is 4. The third-order valence-electron chi connectivity index (χ3n) is 17.6. The van der Waals surface area contributed by atoms with Crippen molar-refractivity contribution in [2.45, 2.75) is 230 Å². The standard InChI is InChI=1S/2C26H48O4/c1-17(2)29-19(27)23(11)15-25(13,21(5,6)7)26(14,22(8,9)10)16-24(23,12)20(28)30-18(3)4;1-11-13-15-29-21(27)25(9)17-23(7,19(3)4)24(8,20(5)6)18-26(25,10)22(28)30-16-14-12-2/h17-18H,15-16H2,1-14H3;19-20H,11-18H2,1-10H3. The average molecular weight is 849 g/mol. The van der Waals surface area contributed by atoms with E-state index in [4.69, 9.17) is 18.9 Å². The highest BCUT2D eigenvalue weighted by atomic mass is 16.6. The summed E-state index contributed by atoms with van der Waals surface area (Å²) in [5.74, 6) is -0.354. The lowest BCUT2D eigenvalue weighted by Gasteiger charge is -2.69. The third-order valence-corrected chi connectivity index (χ3v) is 17.6. The smallest absolute Gasteiger partial charge is 0.313 e. The molecule has 352 valence electrons. The molecular formula is C52H96O8. The Morgan fingerprint density at radius 2 is 0.700 bits per heavy atom. The highest BCUT2D eigenvalue weighted by molar-refractivity contribution is 5.89. The van der Waals surface area contributed by atoms with Crippen LogP contribution >= 0.6 is 0 Å². The van der Waals surface area contributed by atoms with Gasteiger partial charge in [0.15, 0.2) is 0 Å². The summed E-state index contributed by atoms with van der Waals surface area (Å²) < 4.78 is 23.0. The van der Waals surface area contributed by atoms with Crippen LogP contribution in [0.3, 0.4) is 0 Å². The van der Waals surface area contributed by atoms with Crippen LogP contribution in [-0.4, -0.2) is 49.3 Å². The van der Waals surface area contributed by atoms with Crippen LogP contribution in [0, 0.1) is 66.0 Å². The number of unbranched alkanes of at least 4 members (excludes halogenated alkanes) is 2. The SMILES string of the molecule is CC(C)OC(=O)C1(C)CC(C)(C(C)(C)C)C(C)(C(C)(C)C)CC1(C)C(=O)OC(C)C.CCCCOC(=O)C1(C)CC(C)(C(C)C)C(C)(C(C)C)CC1(C)C(=O)OCCCC. The van der Waals surface area contributed by atoms with Gasteiger partial charge in [-0.05, 0) is 138 Å². The first-order valence-corrected chi connectivity index (χ1v) is 23.6. The van der Waals surface area contributed by atoms with Gasteiger partial charge >= 0.3 is 23.9 Å². The molecule has 0 amide bonds. The number of hydrogen-bond donors (Lipinski definition) is 0. The monoisotopic (exact) mass is 849 g/mol. The molecule has 2 aliphatic rings. The van der Waals surface area contributed by atoms with Crippen LogP contribution < -0.4 is 0 Å². The van der Waals surface area contributed by atoms with Crippen LogP contribution in [-0.2, 0) is 38.1 Å². The largest absolute Gasteiger partial charge is 0.465 e. The van der Waals surface area contributed by atoms with E-state index in [0.717, 1.165) is 25.7 Å². The van der Waals surface area contributed by atoms with Crippen LogP contribution in [0.2, 0.25) is 0 Å². The maximum absolute atomic E-state index is 13.6. The second kappa shape index (κ2) is 19.3. The Kier molecular flexibility index (Phi) is 18.0. The summed E-state index contributed by atoms with van der Waals surface area (Å²) in [7, 11) is 0. The van der Waals surface area contributed by atoms with Crippen LogP contribution in [0.25, 0.3) is 0 Å². The van der Waals surface area contributed by atoms with E-state index in [-0.39, 0.29) is 68.6 Å². The quantitative estimate of drug-likeness (QED) is 0.0967. The molecule has 60 heavy (non-hydrogen) atoms. The number of esters is 4. The minimum Gasteiger partial charge on any atom is -0.465 e. The predicted molar refractivity (Wildman–Crippen MR) is 246 cm³/mol. The van der Waals surface area contributed by atoms with Crippen LogP contribution in [0.15, 0.2) is 0 Å². The minimum absolute atomic E-state index is 0.0856. The van der Waals surface area contributed by atoms with Crippen molar-refractivity contribution in [2.75, 3.05) is 13.2 Å². The Bertz CT molecular complexity index is 1370. The van der Waals surface area contributed by atoms with E-state index < -0.39 is 21.7 Å². The summed E-state index contributed by atoms with van der Waals surface area (Å²) in [5, 5.41) is 0. The molecule has 0 bridgehead atoms. The molecule has 0 aromatic carbocycles. The molecule has 0 aromatic rings. The van der Waals surface area contributed by atoms with E-state index >= 15 is 0 Å². The molecule has 0 saturated heterocycles. The fraction of sp³-hybridized carbons (Fsp3) is 0.923. The summed E-state index contributed by atoms with van der Waals surface area (Å²) in [6.45, 7) is 51.8. The minimum atomic E-state index is -0.990. The van der Waals surface area contributed by atoms with Crippen LogP contribution in [0.1, 0.15) is 218 Å². The van der Waals surface area contributed by atoms with Gasteiger partial charge in [0.05, 0.1) is 47.1 Å². The van der Waals surface area contributed by atoms with Crippen molar-refractivity contribution in [1.82, 2.24) is 0 Å². The van der Waals surface area contributed by atoms with Gasteiger partial charge in [-0.15, -0.1) is 0 Å². The third kappa shape index (κ3) is 9.98. The maximum Gasteiger partial charge on any atom is 0.313 e. The number of carbonyl (C=O) groups is 4. The molecule has 2 rings (SSSR count). The normalized spacial score (nSPS) is 34.9. The topological polar surface area (TPSA) is 105 Å². The number of hydrogen-bond acceptors (Lipinski definition) is 8. The molecular weight excluding hydrogens is 753 g/mol. The summed E-state index contributed by atoms with van der Waals surface area (Å²) in [4.78, 5) is 54.2. The second-order valence-electron chi connectivity index (χ2n) is 24.2. The van der Waals surface area contributed by atoms with Crippen molar-refractivity contribution in [1.29, 1.82) is 0 Å². The van der Waals surface area contributed by atoms with Crippen molar-refractivity contribution in [3.8, 4) is 0 Å². The van der Waals surface area contributed by atoms with Gasteiger partial charge in [-0.1, -0.05) is 124 Å². The lowest BCUT2D eigenvalue weighted by molar-refractivity contribution is -0.236. The molecule has 8 unspecified atom stereocenters. The average Bonchev–Trinajstić information content (AvgIpc) is 3.08. The van der Waals surface area contributed by atoms with E-state index in [1.54, 1.807) is 0 Å². The van der Waals surface area contributed by atoms with Crippen molar-refractivity contribution < 1.29 is 38.1 Å². The van der Waals surface area contributed by atoms with Gasteiger partial charge in [0.1, 0.15) is 0 Å². The lowest BCUT2D eigenvalue weighted by Crippen LogP contribution is -2.67. The predicted octanol–water partition coefficient (Wildman–Crippen LogP) is 13.6. The molecule has 8 nitrogen and oxygen atoms in total. The molecule has 8 heteroatoms. The fourth-order valence-electron chi connectivity index (χ4n) is 11.2. The van der Waals surface area contributed by atoms with Crippen molar-refractivity contribution in [2.24, 2.45) is 66.0 Å². The fourth-order valence-corrected chi connectivity index (χ4v) is 11.2. The molecule has 2 aliphatic carbocycles. The summed E-state index contributed by atoms with van der Waals surface area (Å²) >= 11 is 0. The van der Waals surface area contributed by atoms with E-state index in [9.17, 15) is 19.2 Å². The first-order chi connectivity index (χ1) is 26.9. The Hall–Kier alpha value is -2.12. The number of rotatable bonds is 14. The molecule has 0 radical (unpaired) electrons. The van der Waals surface area contributed by atoms with E-state index in [1.165, 1.54) is 0 Å². The zero-order valence-corrected chi connectivity index (χ0v) is 43.6. The molecule has 0 aromatic heterocycles. The highest BCUT2D eigenvalue weighted by Gasteiger charge is 2.72. The van der Waals surface area contributed by atoms with Gasteiger partial charge in [-0.2, -0.15) is 0 Å². The van der Waals surface area contributed by atoms with Crippen LogP contribution in [0.4, 0.5) is 0 Å². The zero-order valence-electron chi connectivity index (χ0n) is 43.6. The van der Waals surface area contributed by atoms with Gasteiger partial charge in [0.2, 0.25) is 0 Å². The van der Waals surface area contributed by atoms with Gasteiger partial charge < -0.3 is 18.9 Å². The second-order valence-corrected chi connectivity index (χ2v) is 24.2. The molecule has 0 N–H and O–H groups in total. The summed E-state index contributed by atoms with van der Waals surface area (Å²) in [6.07, 6.45) is 5.50. The summed E-state index contributed by atoms with van der Waals surface area (Å²) in [5.41, 5.74) is -4.65. The van der Waals surface area contributed by atoms with E-state index in [2.05, 4.69) is 111 Å².